The van der Waals surface area contributed by atoms with Crippen LogP contribution in [-0.4, -0.2) is 72.8 Å². The van der Waals surface area contributed by atoms with E-state index in [1.807, 2.05) is 37.7 Å². The van der Waals surface area contributed by atoms with Crippen molar-refractivity contribution in [3.8, 4) is 12.0 Å². The van der Waals surface area contributed by atoms with Crippen molar-refractivity contribution in [2.45, 2.75) is 0 Å². The zero-order valence-electron chi connectivity index (χ0n) is 11.6. The minimum atomic E-state index is 0.196. The molecule has 0 saturated carbocycles. The summed E-state index contributed by atoms with van der Waals surface area (Å²) >= 11 is 0. The van der Waals surface area contributed by atoms with Crippen molar-refractivity contribution in [2.24, 2.45) is 0 Å². The molecule has 0 unspecified atom stereocenters. The summed E-state index contributed by atoms with van der Waals surface area (Å²) in [7, 11) is 10.6. The van der Waals surface area contributed by atoms with Crippen molar-refractivity contribution >= 4 is 11.9 Å². The first-order valence-electron chi connectivity index (χ1n) is 5.30. The molecular weight excluding hydrogens is 236 g/mol. The highest BCUT2D eigenvalue weighted by Crippen LogP contribution is 2.11. The van der Waals surface area contributed by atoms with E-state index in [4.69, 9.17) is 9.47 Å². The van der Waals surface area contributed by atoms with Crippen LogP contribution in [0, 0.1) is 0 Å². The average molecular weight is 255 g/mol. The first-order valence-corrected chi connectivity index (χ1v) is 5.30. The topological polar surface area (TPSA) is 75.4 Å². The number of rotatable bonds is 3. The molecule has 0 radical (unpaired) electrons. The molecule has 1 rings (SSSR count). The Labute approximate surface area is 106 Å². The van der Waals surface area contributed by atoms with Crippen LogP contribution in [0.4, 0.5) is 5.95 Å². The van der Waals surface area contributed by atoms with Gasteiger partial charge in [0.15, 0.2) is 0 Å². The van der Waals surface area contributed by atoms with E-state index in [-0.39, 0.29) is 12.0 Å². The van der Waals surface area contributed by atoms with Crippen LogP contribution in [0.25, 0.3) is 0 Å². The molecule has 0 aliphatic rings. The average Bonchev–Trinajstić information content (AvgIpc) is 2.34. The molecular formula is C10H19N6O2+. The summed E-state index contributed by atoms with van der Waals surface area (Å²) in [6.07, 6.45) is 0. The van der Waals surface area contributed by atoms with Gasteiger partial charge in [0.05, 0.1) is 42.4 Å². The molecule has 0 aliphatic heterocycles. The predicted molar refractivity (Wildman–Crippen MR) is 67.4 cm³/mol. The van der Waals surface area contributed by atoms with Crippen molar-refractivity contribution in [3.05, 3.63) is 0 Å². The van der Waals surface area contributed by atoms with E-state index in [9.17, 15) is 0 Å². The lowest BCUT2D eigenvalue weighted by Gasteiger charge is -2.12. The zero-order valence-corrected chi connectivity index (χ0v) is 11.6. The van der Waals surface area contributed by atoms with Crippen LogP contribution in [0.3, 0.4) is 0 Å². The van der Waals surface area contributed by atoms with Gasteiger partial charge in [-0.15, -0.1) is 15.0 Å². The quantitative estimate of drug-likeness (QED) is 0.443. The Morgan fingerprint density at radius 1 is 1.06 bits per heavy atom. The highest BCUT2D eigenvalue weighted by molar-refractivity contribution is 5.87. The maximum Gasteiger partial charge on any atom is 0.354 e. The Morgan fingerprint density at radius 2 is 1.56 bits per heavy atom. The molecule has 0 saturated heterocycles. The molecule has 100 valence electrons. The Bertz CT molecular complexity index is 420. The van der Waals surface area contributed by atoms with Gasteiger partial charge in [0.2, 0.25) is 0 Å². The van der Waals surface area contributed by atoms with Crippen LogP contribution in [0.1, 0.15) is 0 Å². The van der Waals surface area contributed by atoms with Crippen LogP contribution < -0.4 is 14.8 Å². The Morgan fingerprint density at radius 3 is 1.89 bits per heavy atom. The Hall–Kier alpha value is -2.12. The van der Waals surface area contributed by atoms with Gasteiger partial charge in [0.1, 0.15) is 0 Å². The molecule has 0 aliphatic carbocycles. The molecule has 1 aromatic heterocycles. The lowest BCUT2D eigenvalue weighted by molar-refractivity contribution is -0.469. The number of hydrogen-bond donors (Lipinski definition) is 1. The number of hydrogen-bond acceptors (Lipinski definition) is 5. The molecule has 18 heavy (non-hydrogen) atoms. The monoisotopic (exact) mass is 255 g/mol. The predicted octanol–water partition coefficient (Wildman–Crippen LogP) is -0.510. The summed E-state index contributed by atoms with van der Waals surface area (Å²) in [6.45, 7) is 0. The van der Waals surface area contributed by atoms with E-state index in [0.717, 1.165) is 5.96 Å². The second kappa shape index (κ2) is 5.99. The normalized spacial score (nSPS) is 9.67. The molecule has 1 N–H and O–H groups in total. The number of nitrogens with zero attached hydrogens (tertiary/aromatic N) is 5. The van der Waals surface area contributed by atoms with Gasteiger partial charge in [-0.3, -0.25) is 9.48 Å². The standard InChI is InChI=1S/C10H18N6O2/c1-15(2)10(16(3)4)13-7-11-8(17-5)14-9(12-7)18-6/h1-6H3/p+1. The van der Waals surface area contributed by atoms with E-state index >= 15 is 0 Å². The van der Waals surface area contributed by atoms with Gasteiger partial charge in [-0.1, -0.05) is 0 Å². The third-order valence-electron chi connectivity index (χ3n) is 2.03. The van der Waals surface area contributed by atoms with Gasteiger partial charge in [0, 0.05) is 0 Å². The largest absolute Gasteiger partial charge is 0.467 e. The van der Waals surface area contributed by atoms with Crippen LogP contribution in [0.5, 0.6) is 12.0 Å². The Balaban J connectivity index is 3.06. The van der Waals surface area contributed by atoms with Gasteiger partial charge < -0.3 is 9.47 Å². The highest BCUT2D eigenvalue weighted by Gasteiger charge is 2.16. The van der Waals surface area contributed by atoms with Crippen molar-refractivity contribution in [1.82, 2.24) is 19.9 Å². The van der Waals surface area contributed by atoms with Gasteiger partial charge in [-0.2, -0.15) is 0 Å². The molecule has 1 heterocycles. The van der Waals surface area contributed by atoms with Gasteiger partial charge in [-0.25, -0.2) is 5.32 Å². The van der Waals surface area contributed by atoms with Crippen molar-refractivity contribution < 1.29 is 14.0 Å². The molecule has 8 nitrogen and oxygen atoms in total. The summed E-state index contributed by atoms with van der Waals surface area (Å²) in [4.78, 5) is 14.0. The highest BCUT2D eigenvalue weighted by atomic mass is 16.5. The van der Waals surface area contributed by atoms with E-state index in [2.05, 4.69) is 20.3 Å². The molecule has 0 atom stereocenters. The van der Waals surface area contributed by atoms with Crippen molar-refractivity contribution in [2.75, 3.05) is 47.7 Å². The van der Waals surface area contributed by atoms with Crippen LogP contribution >= 0.6 is 0 Å². The maximum atomic E-state index is 4.98. The molecule has 0 aromatic carbocycles. The molecule has 1 aromatic rings. The van der Waals surface area contributed by atoms with Crippen molar-refractivity contribution in [1.29, 1.82) is 0 Å². The van der Waals surface area contributed by atoms with Gasteiger partial charge in [0.25, 0.3) is 0 Å². The van der Waals surface area contributed by atoms with E-state index in [1.54, 1.807) is 0 Å². The number of aromatic nitrogens is 3. The molecule has 0 fully saturated rings. The second-order valence-corrected chi connectivity index (χ2v) is 3.87. The second-order valence-electron chi connectivity index (χ2n) is 3.87. The van der Waals surface area contributed by atoms with E-state index in [0.29, 0.717) is 5.95 Å². The molecule has 0 bridgehead atoms. The summed E-state index contributed by atoms with van der Waals surface area (Å²) in [5.41, 5.74) is 0. The van der Waals surface area contributed by atoms with Crippen molar-refractivity contribution in [3.63, 3.8) is 0 Å². The number of ether oxygens (including phenoxy) is 2. The SMILES string of the molecule is COc1nc(NC(N(C)C)=[N+](C)C)nc(OC)n1. The van der Waals surface area contributed by atoms with Crippen LogP contribution in [0.15, 0.2) is 0 Å². The number of methoxy groups -OCH3 is 2. The molecule has 0 amide bonds. The third-order valence-corrected chi connectivity index (χ3v) is 2.03. The molecule has 0 spiro atoms. The number of anilines is 1. The van der Waals surface area contributed by atoms with E-state index < -0.39 is 0 Å². The molecule has 8 heteroatoms. The first-order chi connectivity index (χ1) is 8.47. The van der Waals surface area contributed by atoms with Crippen LogP contribution in [-0.2, 0) is 0 Å². The van der Waals surface area contributed by atoms with Gasteiger partial charge >= 0.3 is 23.9 Å². The minimum absolute atomic E-state index is 0.196. The summed E-state index contributed by atoms with van der Waals surface area (Å²) in [6, 6.07) is 0.391. The van der Waals surface area contributed by atoms with Gasteiger partial charge in [-0.05, 0) is 0 Å². The lowest BCUT2D eigenvalue weighted by Crippen LogP contribution is -2.36. The maximum absolute atomic E-state index is 4.98. The van der Waals surface area contributed by atoms with Crippen LogP contribution in [0.2, 0.25) is 0 Å². The lowest BCUT2D eigenvalue weighted by atomic mass is 10.7. The zero-order chi connectivity index (χ0) is 13.7. The Kier molecular flexibility index (Phi) is 4.64. The minimum Gasteiger partial charge on any atom is -0.467 e. The smallest absolute Gasteiger partial charge is 0.354 e. The fraction of sp³-hybridized carbons (Fsp3) is 0.600. The number of nitrogens with one attached hydrogen (secondary N) is 1. The van der Waals surface area contributed by atoms with E-state index in [1.165, 1.54) is 14.2 Å². The summed E-state index contributed by atoms with van der Waals surface area (Å²) < 4.78 is 11.9. The third kappa shape index (κ3) is 3.44. The summed E-state index contributed by atoms with van der Waals surface area (Å²) in [5, 5.41) is 3.07. The fourth-order valence-corrected chi connectivity index (χ4v) is 1.30. The summed E-state index contributed by atoms with van der Waals surface area (Å²) in [5.74, 6) is 1.18. The fourth-order valence-electron chi connectivity index (χ4n) is 1.30. The number of guanidine groups is 1. The first kappa shape index (κ1) is 13.9.